The SMILES string of the molecule is Cc1cc(C)cc(NC(=O)c2ccc3nc(Cl)ccc3c2)c1. The van der Waals surface area contributed by atoms with Gasteiger partial charge < -0.3 is 5.32 Å². The maximum absolute atomic E-state index is 12.4. The number of rotatable bonds is 2. The summed E-state index contributed by atoms with van der Waals surface area (Å²) in [6.45, 7) is 4.02. The summed E-state index contributed by atoms with van der Waals surface area (Å²) in [5.74, 6) is -0.137. The summed E-state index contributed by atoms with van der Waals surface area (Å²) in [6, 6.07) is 14.9. The van der Waals surface area contributed by atoms with E-state index in [0.717, 1.165) is 27.7 Å². The van der Waals surface area contributed by atoms with Crippen molar-refractivity contribution < 1.29 is 4.79 Å². The van der Waals surface area contributed by atoms with E-state index in [2.05, 4.69) is 16.4 Å². The highest BCUT2D eigenvalue weighted by Crippen LogP contribution is 2.19. The first kappa shape index (κ1) is 14.5. The van der Waals surface area contributed by atoms with Crippen LogP contribution in [0.3, 0.4) is 0 Å². The summed E-state index contributed by atoms with van der Waals surface area (Å²) < 4.78 is 0. The molecule has 0 unspecified atom stereocenters. The number of hydrogen-bond donors (Lipinski definition) is 1. The van der Waals surface area contributed by atoms with Gasteiger partial charge in [0.1, 0.15) is 5.15 Å². The van der Waals surface area contributed by atoms with Crippen LogP contribution in [0.1, 0.15) is 21.5 Å². The molecule has 2 aromatic carbocycles. The van der Waals surface area contributed by atoms with Crippen LogP contribution in [-0.4, -0.2) is 10.9 Å². The highest BCUT2D eigenvalue weighted by molar-refractivity contribution is 6.29. The lowest BCUT2D eigenvalue weighted by atomic mass is 10.1. The van der Waals surface area contributed by atoms with Crippen molar-refractivity contribution in [1.82, 2.24) is 4.98 Å². The molecule has 3 rings (SSSR count). The fourth-order valence-electron chi connectivity index (χ4n) is 2.49. The monoisotopic (exact) mass is 310 g/mol. The molecule has 110 valence electrons. The van der Waals surface area contributed by atoms with Gasteiger partial charge in [-0.3, -0.25) is 4.79 Å². The van der Waals surface area contributed by atoms with Gasteiger partial charge in [-0.15, -0.1) is 0 Å². The third kappa shape index (κ3) is 3.10. The number of nitrogens with zero attached hydrogens (tertiary/aromatic N) is 1. The molecule has 0 radical (unpaired) electrons. The fourth-order valence-corrected chi connectivity index (χ4v) is 2.65. The number of anilines is 1. The molecule has 0 atom stereocenters. The Kier molecular flexibility index (Phi) is 3.82. The van der Waals surface area contributed by atoms with Gasteiger partial charge in [0.15, 0.2) is 0 Å². The minimum Gasteiger partial charge on any atom is -0.322 e. The molecule has 0 saturated carbocycles. The second-order valence-electron chi connectivity index (χ2n) is 5.37. The van der Waals surface area contributed by atoms with Gasteiger partial charge in [-0.2, -0.15) is 0 Å². The Hall–Kier alpha value is -2.39. The molecule has 0 aliphatic carbocycles. The summed E-state index contributed by atoms with van der Waals surface area (Å²) in [4.78, 5) is 16.6. The number of aryl methyl sites for hydroxylation is 2. The number of carbonyl (C=O) groups excluding carboxylic acids is 1. The molecule has 3 nitrogen and oxygen atoms in total. The predicted octanol–water partition coefficient (Wildman–Crippen LogP) is 4.76. The summed E-state index contributed by atoms with van der Waals surface area (Å²) in [6.07, 6.45) is 0. The van der Waals surface area contributed by atoms with E-state index < -0.39 is 0 Å². The van der Waals surface area contributed by atoms with Crippen molar-refractivity contribution in [2.75, 3.05) is 5.32 Å². The van der Waals surface area contributed by atoms with Gasteiger partial charge in [0.05, 0.1) is 5.52 Å². The normalized spacial score (nSPS) is 10.7. The summed E-state index contributed by atoms with van der Waals surface area (Å²) in [5, 5.41) is 4.26. The molecule has 0 bridgehead atoms. The molecular formula is C18H15ClN2O. The van der Waals surface area contributed by atoms with Crippen LogP contribution in [0.4, 0.5) is 5.69 Å². The number of halogens is 1. The average Bonchev–Trinajstić information content (AvgIpc) is 2.45. The van der Waals surface area contributed by atoms with Crippen molar-refractivity contribution >= 4 is 34.1 Å². The van der Waals surface area contributed by atoms with Crippen molar-refractivity contribution in [3.05, 3.63) is 70.4 Å². The smallest absolute Gasteiger partial charge is 0.255 e. The molecule has 3 aromatic rings. The van der Waals surface area contributed by atoms with Crippen LogP contribution in [0.25, 0.3) is 10.9 Å². The van der Waals surface area contributed by atoms with E-state index in [4.69, 9.17) is 11.6 Å². The zero-order chi connectivity index (χ0) is 15.7. The van der Waals surface area contributed by atoms with Crippen molar-refractivity contribution in [2.24, 2.45) is 0 Å². The number of aromatic nitrogens is 1. The second-order valence-corrected chi connectivity index (χ2v) is 5.76. The van der Waals surface area contributed by atoms with Gasteiger partial charge in [-0.25, -0.2) is 4.98 Å². The number of hydrogen-bond acceptors (Lipinski definition) is 2. The van der Waals surface area contributed by atoms with E-state index >= 15 is 0 Å². The van der Waals surface area contributed by atoms with E-state index in [-0.39, 0.29) is 5.91 Å². The van der Waals surface area contributed by atoms with Crippen molar-refractivity contribution in [3.63, 3.8) is 0 Å². The summed E-state index contributed by atoms with van der Waals surface area (Å²) in [7, 11) is 0. The van der Waals surface area contributed by atoms with E-state index in [1.165, 1.54) is 0 Å². The lowest BCUT2D eigenvalue weighted by Crippen LogP contribution is -2.12. The number of benzene rings is 2. The Morgan fingerprint density at radius 2 is 1.73 bits per heavy atom. The first-order chi connectivity index (χ1) is 10.5. The lowest BCUT2D eigenvalue weighted by molar-refractivity contribution is 0.102. The largest absolute Gasteiger partial charge is 0.322 e. The maximum atomic E-state index is 12.4. The topological polar surface area (TPSA) is 42.0 Å². The van der Waals surface area contributed by atoms with E-state index in [9.17, 15) is 4.79 Å². The van der Waals surface area contributed by atoms with Crippen LogP contribution in [0.5, 0.6) is 0 Å². The summed E-state index contributed by atoms with van der Waals surface area (Å²) in [5.41, 5.74) is 4.41. The number of carbonyl (C=O) groups is 1. The van der Waals surface area contributed by atoms with Crippen LogP contribution in [0, 0.1) is 13.8 Å². The quantitative estimate of drug-likeness (QED) is 0.694. The Morgan fingerprint density at radius 3 is 2.45 bits per heavy atom. The fraction of sp³-hybridized carbons (Fsp3) is 0.111. The average molecular weight is 311 g/mol. The second kappa shape index (κ2) is 5.78. The van der Waals surface area contributed by atoms with E-state index in [0.29, 0.717) is 10.7 Å². The molecule has 1 amide bonds. The number of amides is 1. The standard InChI is InChI=1S/C18H15ClN2O/c1-11-7-12(2)9-15(8-11)20-18(22)14-3-5-16-13(10-14)4-6-17(19)21-16/h3-10H,1-2H3,(H,20,22). The Balaban J connectivity index is 1.90. The number of fused-ring (bicyclic) bond motifs is 1. The number of pyridine rings is 1. The van der Waals surface area contributed by atoms with Crippen LogP contribution < -0.4 is 5.32 Å². The lowest BCUT2D eigenvalue weighted by Gasteiger charge is -2.08. The molecular weight excluding hydrogens is 296 g/mol. The third-order valence-corrected chi connectivity index (χ3v) is 3.61. The Labute approximate surface area is 133 Å². The first-order valence-electron chi connectivity index (χ1n) is 6.97. The van der Waals surface area contributed by atoms with Crippen molar-refractivity contribution in [2.45, 2.75) is 13.8 Å². The summed E-state index contributed by atoms with van der Waals surface area (Å²) >= 11 is 5.87. The molecule has 0 aliphatic heterocycles. The van der Waals surface area contributed by atoms with Crippen LogP contribution in [-0.2, 0) is 0 Å². The highest BCUT2D eigenvalue weighted by Gasteiger charge is 2.08. The van der Waals surface area contributed by atoms with Gasteiger partial charge in [0.2, 0.25) is 0 Å². The molecule has 0 aliphatic rings. The first-order valence-corrected chi connectivity index (χ1v) is 7.35. The zero-order valence-corrected chi connectivity index (χ0v) is 13.1. The molecule has 4 heteroatoms. The Bertz CT molecular complexity index is 854. The van der Waals surface area contributed by atoms with Crippen LogP contribution in [0.2, 0.25) is 5.15 Å². The molecule has 1 N–H and O–H groups in total. The van der Waals surface area contributed by atoms with Gasteiger partial charge in [-0.1, -0.05) is 17.7 Å². The number of nitrogens with one attached hydrogen (secondary N) is 1. The maximum Gasteiger partial charge on any atom is 0.255 e. The molecule has 0 fully saturated rings. The molecule has 0 saturated heterocycles. The highest BCUT2D eigenvalue weighted by atomic mass is 35.5. The van der Waals surface area contributed by atoms with Gasteiger partial charge in [0.25, 0.3) is 5.91 Å². The van der Waals surface area contributed by atoms with Crippen molar-refractivity contribution in [3.8, 4) is 0 Å². The van der Waals surface area contributed by atoms with Crippen molar-refractivity contribution in [1.29, 1.82) is 0 Å². The molecule has 22 heavy (non-hydrogen) atoms. The minimum absolute atomic E-state index is 0.137. The Morgan fingerprint density at radius 1 is 1.00 bits per heavy atom. The van der Waals surface area contributed by atoms with E-state index in [1.807, 2.05) is 38.1 Å². The molecule has 1 heterocycles. The van der Waals surface area contributed by atoms with Gasteiger partial charge in [-0.05, 0) is 67.4 Å². The van der Waals surface area contributed by atoms with Gasteiger partial charge in [0, 0.05) is 16.6 Å². The molecule has 1 aromatic heterocycles. The zero-order valence-electron chi connectivity index (χ0n) is 12.4. The van der Waals surface area contributed by atoms with Crippen LogP contribution >= 0.6 is 11.6 Å². The minimum atomic E-state index is -0.137. The van der Waals surface area contributed by atoms with Gasteiger partial charge >= 0.3 is 0 Å². The van der Waals surface area contributed by atoms with Crippen LogP contribution in [0.15, 0.2) is 48.5 Å². The molecule has 0 spiro atoms. The predicted molar refractivity (Wildman–Crippen MR) is 90.6 cm³/mol. The third-order valence-electron chi connectivity index (χ3n) is 3.40. The van der Waals surface area contributed by atoms with E-state index in [1.54, 1.807) is 18.2 Å².